The van der Waals surface area contributed by atoms with E-state index in [1.807, 2.05) is 0 Å². The zero-order valence-electron chi connectivity index (χ0n) is 10.4. The Bertz CT molecular complexity index is 534. The second-order valence-electron chi connectivity index (χ2n) is 5.12. The van der Waals surface area contributed by atoms with E-state index in [0.717, 1.165) is 25.7 Å². The topological polar surface area (TPSA) is 60.2 Å². The minimum atomic E-state index is -3.24. The molecule has 1 aliphatic rings. The van der Waals surface area contributed by atoms with Crippen LogP contribution >= 0.6 is 15.9 Å². The highest BCUT2D eigenvalue weighted by Gasteiger charge is 2.32. The summed E-state index contributed by atoms with van der Waals surface area (Å²) in [5, 5.41) is -0.242. The number of hydrogen-bond acceptors (Lipinski definition) is 3. The van der Waals surface area contributed by atoms with Crippen LogP contribution in [0.3, 0.4) is 0 Å². The summed E-state index contributed by atoms with van der Waals surface area (Å²) in [6.45, 7) is 2.18. The minimum absolute atomic E-state index is 0.242. The third kappa shape index (κ3) is 2.72. The van der Waals surface area contributed by atoms with Crippen LogP contribution in [0.4, 0.5) is 5.69 Å². The predicted octanol–water partition coefficient (Wildman–Crippen LogP) is 3.38. The third-order valence-electron chi connectivity index (χ3n) is 3.66. The number of rotatable bonds is 2. The Morgan fingerprint density at radius 2 is 1.83 bits per heavy atom. The lowest BCUT2D eigenvalue weighted by Crippen LogP contribution is -2.26. The molecule has 100 valence electrons. The third-order valence-corrected chi connectivity index (χ3v) is 6.90. The van der Waals surface area contributed by atoms with E-state index >= 15 is 0 Å². The molecule has 0 atom stereocenters. The molecule has 1 aromatic carbocycles. The number of anilines is 1. The zero-order valence-corrected chi connectivity index (χ0v) is 12.8. The maximum Gasteiger partial charge on any atom is 0.182 e. The van der Waals surface area contributed by atoms with Crippen molar-refractivity contribution in [2.24, 2.45) is 5.92 Å². The van der Waals surface area contributed by atoms with Gasteiger partial charge in [0.1, 0.15) is 0 Å². The van der Waals surface area contributed by atoms with Crippen LogP contribution < -0.4 is 5.73 Å². The van der Waals surface area contributed by atoms with E-state index in [4.69, 9.17) is 5.73 Å². The zero-order chi connectivity index (χ0) is 13.3. The largest absolute Gasteiger partial charge is 0.399 e. The van der Waals surface area contributed by atoms with Gasteiger partial charge in [-0.3, -0.25) is 0 Å². The van der Waals surface area contributed by atoms with Crippen molar-refractivity contribution < 1.29 is 8.42 Å². The van der Waals surface area contributed by atoms with Gasteiger partial charge in [0.05, 0.1) is 10.1 Å². The number of nitrogen functional groups attached to an aromatic ring is 1. The first-order chi connectivity index (χ1) is 8.41. The van der Waals surface area contributed by atoms with Crippen molar-refractivity contribution in [3.8, 4) is 0 Å². The number of nitrogens with two attached hydrogens (primary N) is 1. The van der Waals surface area contributed by atoms with Gasteiger partial charge in [0.2, 0.25) is 0 Å². The molecular formula is C13H18BrNO2S. The monoisotopic (exact) mass is 331 g/mol. The summed E-state index contributed by atoms with van der Waals surface area (Å²) >= 11 is 3.30. The van der Waals surface area contributed by atoms with Gasteiger partial charge in [-0.15, -0.1) is 0 Å². The smallest absolute Gasteiger partial charge is 0.182 e. The number of sulfone groups is 1. The van der Waals surface area contributed by atoms with E-state index in [1.54, 1.807) is 18.2 Å². The molecule has 0 heterocycles. The summed E-state index contributed by atoms with van der Waals surface area (Å²) in [4.78, 5) is 0.372. The average molecular weight is 332 g/mol. The molecule has 0 radical (unpaired) electrons. The molecule has 0 amide bonds. The van der Waals surface area contributed by atoms with Crippen molar-refractivity contribution in [1.29, 1.82) is 0 Å². The molecule has 3 nitrogen and oxygen atoms in total. The van der Waals surface area contributed by atoms with Crippen LogP contribution in [-0.4, -0.2) is 13.7 Å². The Balaban J connectivity index is 2.30. The van der Waals surface area contributed by atoms with Gasteiger partial charge in [0.15, 0.2) is 9.84 Å². The van der Waals surface area contributed by atoms with Crippen LogP contribution in [0.25, 0.3) is 0 Å². The standard InChI is InChI=1S/C13H18BrNO2S/c1-9-2-5-11(6-3-9)18(16,17)13-7-4-10(15)8-12(13)14/h4,7-9,11H,2-3,5-6,15H2,1H3. The van der Waals surface area contributed by atoms with Crippen molar-refractivity contribution >= 4 is 31.5 Å². The van der Waals surface area contributed by atoms with E-state index in [9.17, 15) is 8.42 Å². The first-order valence-electron chi connectivity index (χ1n) is 6.20. The highest BCUT2D eigenvalue weighted by molar-refractivity contribution is 9.10. The van der Waals surface area contributed by atoms with E-state index in [1.165, 1.54) is 0 Å². The van der Waals surface area contributed by atoms with Crippen LogP contribution in [0.2, 0.25) is 0 Å². The first kappa shape index (κ1) is 13.9. The average Bonchev–Trinajstić information content (AvgIpc) is 2.29. The highest BCUT2D eigenvalue weighted by atomic mass is 79.9. The molecule has 0 bridgehead atoms. The van der Waals surface area contributed by atoms with Crippen molar-refractivity contribution in [1.82, 2.24) is 0 Å². The fourth-order valence-electron chi connectivity index (χ4n) is 2.47. The predicted molar refractivity (Wildman–Crippen MR) is 77.2 cm³/mol. The van der Waals surface area contributed by atoms with E-state index in [2.05, 4.69) is 22.9 Å². The number of benzene rings is 1. The van der Waals surface area contributed by atoms with Crippen molar-refractivity contribution in [3.63, 3.8) is 0 Å². The van der Waals surface area contributed by atoms with E-state index in [-0.39, 0.29) is 5.25 Å². The molecule has 1 aliphatic carbocycles. The van der Waals surface area contributed by atoms with Crippen LogP contribution in [0.1, 0.15) is 32.6 Å². The number of hydrogen-bond donors (Lipinski definition) is 1. The van der Waals surface area contributed by atoms with Gasteiger partial charge in [-0.2, -0.15) is 0 Å². The van der Waals surface area contributed by atoms with Crippen LogP contribution in [0.5, 0.6) is 0 Å². The molecule has 0 saturated heterocycles. The molecule has 5 heteroatoms. The van der Waals surface area contributed by atoms with Crippen LogP contribution in [0.15, 0.2) is 27.6 Å². The molecule has 2 rings (SSSR count). The fraction of sp³-hybridized carbons (Fsp3) is 0.538. The second-order valence-corrected chi connectivity index (χ2v) is 8.17. The highest BCUT2D eigenvalue weighted by Crippen LogP contribution is 2.34. The lowest BCUT2D eigenvalue weighted by atomic mass is 9.91. The molecule has 2 N–H and O–H groups in total. The first-order valence-corrected chi connectivity index (χ1v) is 8.54. The molecule has 0 aromatic heterocycles. The van der Waals surface area contributed by atoms with Gasteiger partial charge in [0, 0.05) is 10.2 Å². The second kappa shape index (κ2) is 5.21. The molecule has 0 spiro atoms. The van der Waals surface area contributed by atoms with Crippen molar-refractivity contribution in [3.05, 3.63) is 22.7 Å². The Hall–Kier alpha value is -0.550. The molecular weight excluding hydrogens is 314 g/mol. The van der Waals surface area contributed by atoms with Crippen LogP contribution in [-0.2, 0) is 9.84 Å². The molecule has 0 aliphatic heterocycles. The summed E-state index contributed by atoms with van der Waals surface area (Å²) in [5.41, 5.74) is 6.21. The molecule has 1 aromatic rings. The Morgan fingerprint density at radius 3 is 2.39 bits per heavy atom. The van der Waals surface area contributed by atoms with E-state index in [0.29, 0.717) is 21.0 Å². The van der Waals surface area contributed by atoms with Gasteiger partial charge in [-0.1, -0.05) is 6.92 Å². The van der Waals surface area contributed by atoms with Gasteiger partial charge < -0.3 is 5.73 Å². The molecule has 18 heavy (non-hydrogen) atoms. The summed E-state index contributed by atoms with van der Waals surface area (Å²) < 4.78 is 25.7. The van der Waals surface area contributed by atoms with Crippen molar-refractivity contribution in [2.45, 2.75) is 42.8 Å². The lowest BCUT2D eigenvalue weighted by molar-refractivity contribution is 0.382. The van der Waals surface area contributed by atoms with Gasteiger partial charge >= 0.3 is 0 Å². The van der Waals surface area contributed by atoms with Crippen LogP contribution in [0, 0.1) is 5.92 Å². The summed E-state index contributed by atoms with van der Waals surface area (Å²) in [6, 6.07) is 4.90. The summed E-state index contributed by atoms with van der Waals surface area (Å²) in [5.74, 6) is 0.645. The quantitative estimate of drug-likeness (QED) is 0.845. The Labute approximate surface area is 117 Å². The summed E-state index contributed by atoms with van der Waals surface area (Å²) in [6.07, 6.45) is 3.52. The van der Waals surface area contributed by atoms with Gasteiger partial charge in [-0.05, 0) is 65.7 Å². The molecule has 0 unspecified atom stereocenters. The van der Waals surface area contributed by atoms with E-state index < -0.39 is 9.84 Å². The number of halogens is 1. The SMILES string of the molecule is CC1CCC(S(=O)(=O)c2ccc(N)cc2Br)CC1. The van der Waals surface area contributed by atoms with Gasteiger partial charge in [-0.25, -0.2) is 8.42 Å². The molecule has 1 fully saturated rings. The maximum absolute atomic E-state index is 12.6. The normalized spacial score (nSPS) is 25.0. The summed E-state index contributed by atoms with van der Waals surface area (Å²) in [7, 11) is -3.24. The Morgan fingerprint density at radius 1 is 1.22 bits per heavy atom. The van der Waals surface area contributed by atoms with Crippen molar-refractivity contribution in [2.75, 3.05) is 5.73 Å². The minimum Gasteiger partial charge on any atom is -0.399 e. The van der Waals surface area contributed by atoms with Gasteiger partial charge in [0.25, 0.3) is 0 Å². The maximum atomic E-state index is 12.6. The Kier molecular flexibility index (Phi) is 4.02. The lowest BCUT2D eigenvalue weighted by Gasteiger charge is -2.26. The molecule has 1 saturated carbocycles. The fourth-order valence-corrected chi connectivity index (χ4v) is 5.38.